The summed E-state index contributed by atoms with van der Waals surface area (Å²) in [5, 5.41) is 0. The molecule has 19 heavy (non-hydrogen) atoms. The molecule has 5 heteroatoms. The lowest BCUT2D eigenvalue weighted by molar-refractivity contribution is 0.452. The number of aromatic nitrogens is 1. The molecular formula is C14H12BrClFNO. The van der Waals surface area contributed by atoms with Crippen LogP contribution in [-0.2, 0) is 5.88 Å². The molecule has 100 valence electrons. The molecule has 0 unspecified atom stereocenters. The lowest BCUT2D eigenvalue weighted by atomic mass is 10.1. The van der Waals surface area contributed by atoms with E-state index in [1.165, 1.54) is 12.1 Å². The van der Waals surface area contributed by atoms with Crippen LogP contribution in [0.15, 0.2) is 28.7 Å². The van der Waals surface area contributed by atoms with E-state index in [0.29, 0.717) is 22.0 Å². The van der Waals surface area contributed by atoms with Gasteiger partial charge in [0.05, 0.1) is 10.4 Å². The molecular weight excluding hydrogens is 333 g/mol. The number of pyridine rings is 1. The number of halogens is 3. The van der Waals surface area contributed by atoms with Gasteiger partial charge in [-0.05, 0) is 59.6 Å². The molecule has 0 spiro atoms. The summed E-state index contributed by atoms with van der Waals surface area (Å²) in [6.45, 7) is 3.84. The monoisotopic (exact) mass is 343 g/mol. The van der Waals surface area contributed by atoms with Crippen LogP contribution in [0, 0.1) is 19.7 Å². The normalized spacial score (nSPS) is 10.6. The van der Waals surface area contributed by atoms with Gasteiger partial charge < -0.3 is 4.74 Å². The van der Waals surface area contributed by atoms with E-state index in [9.17, 15) is 4.39 Å². The van der Waals surface area contributed by atoms with Crippen molar-refractivity contribution in [3.63, 3.8) is 0 Å². The molecule has 0 N–H and O–H groups in total. The van der Waals surface area contributed by atoms with Gasteiger partial charge in [0.25, 0.3) is 0 Å². The second-order valence-corrected chi connectivity index (χ2v) is 5.30. The molecule has 1 heterocycles. The summed E-state index contributed by atoms with van der Waals surface area (Å²) in [6, 6.07) is 6.18. The highest BCUT2D eigenvalue weighted by Gasteiger charge is 2.12. The molecule has 0 aliphatic heterocycles. The van der Waals surface area contributed by atoms with Crippen LogP contribution in [-0.4, -0.2) is 4.98 Å². The van der Waals surface area contributed by atoms with E-state index in [1.54, 1.807) is 6.07 Å². The first kappa shape index (κ1) is 14.3. The van der Waals surface area contributed by atoms with E-state index in [1.807, 2.05) is 19.9 Å². The van der Waals surface area contributed by atoms with E-state index in [2.05, 4.69) is 20.9 Å². The largest absolute Gasteiger partial charge is 0.437 e. The molecule has 2 nitrogen and oxygen atoms in total. The Morgan fingerprint density at radius 1 is 1.32 bits per heavy atom. The van der Waals surface area contributed by atoms with E-state index >= 15 is 0 Å². The Labute approximate surface area is 124 Å². The summed E-state index contributed by atoms with van der Waals surface area (Å²) in [4.78, 5) is 4.34. The average molecular weight is 345 g/mol. The number of ether oxygens (including phenoxy) is 1. The highest BCUT2D eigenvalue weighted by atomic mass is 79.9. The van der Waals surface area contributed by atoms with Gasteiger partial charge in [0.2, 0.25) is 5.88 Å². The number of nitrogens with zero attached hydrogens (tertiary/aromatic N) is 1. The number of aryl methyl sites for hydroxylation is 2. The fourth-order valence-electron chi connectivity index (χ4n) is 1.74. The molecule has 0 saturated heterocycles. The minimum absolute atomic E-state index is 0.313. The van der Waals surface area contributed by atoms with Crippen LogP contribution in [0.4, 0.5) is 4.39 Å². The van der Waals surface area contributed by atoms with E-state index in [-0.39, 0.29) is 5.82 Å². The lowest BCUT2D eigenvalue weighted by Gasteiger charge is -2.13. The van der Waals surface area contributed by atoms with Crippen LogP contribution in [0.25, 0.3) is 0 Å². The standard InChI is InChI=1S/C14H12BrClFNO/c1-8-5-9(2)18-14(11(8)7-16)19-13-4-3-10(17)6-12(13)15/h3-6H,7H2,1-2H3. The van der Waals surface area contributed by atoms with E-state index < -0.39 is 0 Å². The highest BCUT2D eigenvalue weighted by Crippen LogP contribution is 2.32. The Morgan fingerprint density at radius 3 is 2.68 bits per heavy atom. The summed E-state index contributed by atoms with van der Waals surface area (Å²) in [5.74, 6) is 0.947. The predicted octanol–water partition coefficient (Wildman–Crippen LogP) is 5.13. The van der Waals surface area contributed by atoms with E-state index in [0.717, 1.165) is 16.8 Å². The Morgan fingerprint density at radius 2 is 2.05 bits per heavy atom. The molecule has 0 aliphatic rings. The predicted molar refractivity (Wildman–Crippen MR) is 77.4 cm³/mol. The minimum atomic E-state index is -0.329. The quantitative estimate of drug-likeness (QED) is 0.720. The summed E-state index contributed by atoms with van der Waals surface area (Å²) < 4.78 is 19.3. The Balaban J connectivity index is 2.42. The zero-order valence-electron chi connectivity index (χ0n) is 10.5. The van der Waals surface area contributed by atoms with Crippen molar-refractivity contribution in [2.45, 2.75) is 19.7 Å². The topological polar surface area (TPSA) is 22.1 Å². The third-order valence-electron chi connectivity index (χ3n) is 2.67. The van der Waals surface area contributed by atoms with Gasteiger partial charge in [-0.3, -0.25) is 0 Å². The first-order chi connectivity index (χ1) is 9.01. The van der Waals surface area contributed by atoms with Gasteiger partial charge >= 0.3 is 0 Å². The second-order valence-electron chi connectivity index (χ2n) is 4.17. The van der Waals surface area contributed by atoms with Crippen molar-refractivity contribution < 1.29 is 9.13 Å². The van der Waals surface area contributed by atoms with Crippen molar-refractivity contribution in [2.75, 3.05) is 0 Å². The van der Waals surface area contributed by atoms with Crippen molar-refractivity contribution in [3.8, 4) is 11.6 Å². The first-order valence-electron chi connectivity index (χ1n) is 5.67. The van der Waals surface area contributed by atoms with Gasteiger partial charge in [-0.15, -0.1) is 11.6 Å². The average Bonchev–Trinajstić information content (AvgIpc) is 2.32. The fourth-order valence-corrected chi connectivity index (χ4v) is 2.50. The van der Waals surface area contributed by atoms with Crippen molar-refractivity contribution in [2.24, 2.45) is 0 Å². The van der Waals surface area contributed by atoms with Gasteiger partial charge in [0.1, 0.15) is 11.6 Å². The van der Waals surface area contributed by atoms with Crippen molar-refractivity contribution in [1.29, 1.82) is 0 Å². The van der Waals surface area contributed by atoms with Gasteiger partial charge in [-0.2, -0.15) is 0 Å². The van der Waals surface area contributed by atoms with Crippen LogP contribution in [0.1, 0.15) is 16.8 Å². The number of benzene rings is 1. The molecule has 2 aromatic rings. The summed E-state index contributed by atoms with van der Waals surface area (Å²) in [6.07, 6.45) is 0. The molecule has 1 aromatic carbocycles. The van der Waals surface area contributed by atoms with Crippen LogP contribution >= 0.6 is 27.5 Å². The van der Waals surface area contributed by atoms with Gasteiger partial charge in [-0.1, -0.05) is 0 Å². The van der Waals surface area contributed by atoms with Crippen LogP contribution < -0.4 is 4.74 Å². The fraction of sp³-hybridized carbons (Fsp3) is 0.214. The molecule has 0 aliphatic carbocycles. The number of hydrogen-bond acceptors (Lipinski definition) is 2. The minimum Gasteiger partial charge on any atom is -0.437 e. The second kappa shape index (κ2) is 5.88. The maximum atomic E-state index is 13.0. The number of hydrogen-bond donors (Lipinski definition) is 0. The molecule has 0 atom stereocenters. The molecule has 1 aromatic heterocycles. The smallest absolute Gasteiger partial charge is 0.224 e. The number of alkyl halides is 1. The van der Waals surface area contributed by atoms with Crippen molar-refractivity contribution in [1.82, 2.24) is 4.98 Å². The SMILES string of the molecule is Cc1cc(C)c(CCl)c(Oc2ccc(F)cc2Br)n1. The third kappa shape index (κ3) is 3.25. The van der Waals surface area contributed by atoms with Crippen molar-refractivity contribution >= 4 is 27.5 Å². The molecule has 0 fully saturated rings. The maximum Gasteiger partial charge on any atom is 0.224 e. The van der Waals surface area contributed by atoms with Crippen molar-refractivity contribution in [3.05, 3.63) is 51.4 Å². The molecule has 0 saturated carbocycles. The lowest BCUT2D eigenvalue weighted by Crippen LogP contribution is -1.98. The van der Waals surface area contributed by atoms with Crippen LogP contribution in [0.5, 0.6) is 11.6 Å². The van der Waals surface area contributed by atoms with Gasteiger partial charge in [0, 0.05) is 11.3 Å². The first-order valence-corrected chi connectivity index (χ1v) is 7.00. The Bertz CT molecular complexity index is 619. The Kier molecular flexibility index (Phi) is 4.42. The third-order valence-corrected chi connectivity index (χ3v) is 3.56. The summed E-state index contributed by atoms with van der Waals surface area (Å²) >= 11 is 9.19. The summed E-state index contributed by atoms with van der Waals surface area (Å²) in [7, 11) is 0. The maximum absolute atomic E-state index is 13.0. The van der Waals surface area contributed by atoms with E-state index in [4.69, 9.17) is 16.3 Å². The Hall–Kier alpha value is -1.13. The van der Waals surface area contributed by atoms with Gasteiger partial charge in [0.15, 0.2) is 0 Å². The zero-order chi connectivity index (χ0) is 14.0. The van der Waals surface area contributed by atoms with Crippen LogP contribution in [0.3, 0.4) is 0 Å². The van der Waals surface area contributed by atoms with Gasteiger partial charge in [-0.25, -0.2) is 9.37 Å². The molecule has 0 amide bonds. The van der Waals surface area contributed by atoms with Crippen LogP contribution in [0.2, 0.25) is 0 Å². The molecule has 0 bridgehead atoms. The number of rotatable bonds is 3. The molecule has 2 rings (SSSR count). The summed E-state index contributed by atoms with van der Waals surface area (Å²) in [5.41, 5.74) is 2.71. The zero-order valence-corrected chi connectivity index (χ0v) is 12.8. The highest BCUT2D eigenvalue weighted by molar-refractivity contribution is 9.10. The molecule has 0 radical (unpaired) electrons.